The molecule has 7 nitrogen and oxygen atoms in total. The van der Waals surface area contributed by atoms with E-state index in [1.165, 1.54) is 17.8 Å². The Hall–Kier alpha value is -1.93. The van der Waals surface area contributed by atoms with Crippen molar-refractivity contribution in [1.82, 2.24) is 24.8 Å². The second-order valence-electron chi connectivity index (χ2n) is 7.32. The third-order valence-corrected chi connectivity index (χ3v) is 6.61. The number of rotatable bonds is 4. The predicted octanol–water partition coefficient (Wildman–Crippen LogP) is 2.23. The zero-order valence-electron chi connectivity index (χ0n) is 15.5. The quantitative estimate of drug-likeness (QED) is 0.887. The Morgan fingerprint density at radius 1 is 1.35 bits per heavy atom. The summed E-state index contributed by atoms with van der Waals surface area (Å²) in [7, 11) is 1.59. The van der Waals surface area contributed by atoms with Crippen molar-refractivity contribution in [3.63, 3.8) is 0 Å². The van der Waals surface area contributed by atoms with Crippen LogP contribution in [0.4, 0.5) is 0 Å². The first kappa shape index (κ1) is 17.5. The number of aromatic amines is 1. The van der Waals surface area contributed by atoms with Gasteiger partial charge in [-0.15, -0.1) is 0 Å². The molecule has 1 amide bonds. The summed E-state index contributed by atoms with van der Waals surface area (Å²) in [5.74, 6) is 0.628. The van der Waals surface area contributed by atoms with Crippen molar-refractivity contribution < 1.29 is 9.53 Å². The molecule has 3 aliphatic rings. The number of aryl methyl sites for hydroxylation is 2. The van der Waals surface area contributed by atoms with E-state index < -0.39 is 0 Å². The number of H-pyrrole nitrogens is 1. The second-order valence-corrected chi connectivity index (χ2v) is 8.28. The van der Waals surface area contributed by atoms with E-state index in [1.807, 2.05) is 6.92 Å². The Labute approximate surface area is 157 Å². The fourth-order valence-electron chi connectivity index (χ4n) is 4.10. The summed E-state index contributed by atoms with van der Waals surface area (Å²) in [5, 5.41) is 0.557. The highest BCUT2D eigenvalue weighted by atomic mass is 32.1. The molecule has 0 unspecified atom stereocenters. The number of thiazole rings is 1. The molecule has 2 aromatic rings. The smallest absolute Gasteiger partial charge is 0.273 e. The molecular weight excluding hydrogens is 350 g/mol. The maximum Gasteiger partial charge on any atom is 0.273 e. The lowest BCUT2D eigenvalue weighted by Crippen LogP contribution is -2.47. The number of nitrogens with one attached hydrogen (secondary N) is 1. The van der Waals surface area contributed by atoms with E-state index in [4.69, 9.17) is 4.74 Å². The number of carbonyl (C=O) groups is 1. The van der Waals surface area contributed by atoms with Gasteiger partial charge in [-0.3, -0.25) is 9.69 Å². The average Bonchev–Trinajstić information content (AvgIpc) is 3.08. The zero-order valence-corrected chi connectivity index (χ0v) is 16.3. The van der Waals surface area contributed by atoms with E-state index in [0.29, 0.717) is 16.0 Å². The normalized spacial score (nSPS) is 23.3. The van der Waals surface area contributed by atoms with E-state index >= 15 is 0 Å². The van der Waals surface area contributed by atoms with Gasteiger partial charge in [-0.25, -0.2) is 9.97 Å². The number of piperidine rings is 1. The van der Waals surface area contributed by atoms with Crippen LogP contribution < -0.4 is 4.74 Å². The van der Waals surface area contributed by atoms with Crippen molar-refractivity contribution in [1.29, 1.82) is 0 Å². The van der Waals surface area contributed by atoms with E-state index in [0.717, 1.165) is 49.7 Å². The first-order chi connectivity index (χ1) is 12.5. The van der Waals surface area contributed by atoms with Crippen molar-refractivity contribution in [2.24, 2.45) is 5.92 Å². The minimum atomic E-state index is 0.107. The fourth-order valence-corrected chi connectivity index (χ4v) is 4.94. The Balaban J connectivity index is 1.52. The van der Waals surface area contributed by atoms with Crippen LogP contribution in [0, 0.1) is 19.8 Å². The minimum Gasteiger partial charge on any atom is -0.473 e. The van der Waals surface area contributed by atoms with Crippen LogP contribution in [0.2, 0.25) is 0 Å². The molecule has 3 saturated heterocycles. The maximum atomic E-state index is 13.2. The molecule has 2 atom stereocenters. The summed E-state index contributed by atoms with van der Waals surface area (Å²) in [6.07, 6.45) is 4.02. The topological polar surface area (TPSA) is 74.3 Å². The van der Waals surface area contributed by atoms with E-state index in [-0.39, 0.29) is 11.9 Å². The molecule has 0 saturated carbocycles. The number of amides is 1. The Kier molecular flexibility index (Phi) is 4.71. The molecule has 3 aliphatic heterocycles. The lowest BCUT2D eigenvalue weighted by atomic mass is 9.95. The molecular formula is C18H25N5O2S. The number of carbonyl (C=O) groups excluding carboxylic acids is 1. The Morgan fingerprint density at radius 2 is 2.19 bits per heavy atom. The largest absolute Gasteiger partial charge is 0.473 e. The Morgan fingerprint density at radius 3 is 2.88 bits per heavy atom. The standard InChI is InChI=1S/C18H25N5O2S/c1-11-15(20-10-19-11)9-22-6-13-4-5-14(8-22)23(7-13)17(24)16-12(2)21-18(25-3)26-16/h10,13-14H,4-9H2,1-3H3,(H,19,20)/t13-,14+/m1/s1. The molecule has 5 heterocycles. The van der Waals surface area contributed by atoms with Gasteiger partial charge in [0.05, 0.1) is 24.8 Å². The first-order valence-corrected chi connectivity index (χ1v) is 9.90. The van der Waals surface area contributed by atoms with Crippen LogP contribution >= 0.6 is 11.3 Å². The molecule has 2 aromatic heterocycles. The molecule has 3 fully saturated rings. The van der Waals surface area contributed by atoms with Gasteiger partial charge in [-0.2, -0.15) is 0 Å². The molecule has 0 aliphatic carbocycles. The fraction of sp³-hybridized carbons (Fsp3) is 0.611. The minimum absolute atomic E-state index is 0.107. The summed E-state index contributed by atoms with van der Waals surface area (Å²) < 4.78 is 5.21. The van der Waals surface area contributed by atoms with Gasteiger partial charge in [0.1, 0.15) is 4.88 Å². The van der Waals surface area contributed by atoms with E-state index in [1.54, 1.807) is 13.4 Å². The third kappa shape index (κ3) is 3.23. The summed E-state index contributed by atoms with van der Waals surface area (Å²) in [5.41, 5.74) is 3.00. The molecule has 0 radical (unpaired) electrons. The molecule has 0 spiro atoms. The monoisotopic (exact) mass is 375 g/mol. The summed E-state index contributed by atoms with van der Waals surface area (Å²) >= 11 is 1.35. The van der Waals surface area contributed by atoms with Gasteiger partial charge in [0, 0.05) is 37.9 Å². The van der Waals surface area contributed by atoms with Crippen LogP contribution in [0.25, 0.3) is 0 Å². The maximum absolute atomic E-state index is 13.2. The number of hydrogen-bond donors (Lipinski definition) is 1. The van der Waals surface area contributed by atoms with Crippen LogP contribution in [0.15, 0.2) is 6.33 Å². The number of hydrogen-bond acceptors (Lipinski definition) is 6. The average molecular weight is 375 g/mol. The molecule has 0 aromatic carbocycles. The number of fused-ring (bicyclic) bond motifs is 4. The predicted molar refractivity (Wildman–Crippen MR) is 99.6 cm³/mol. The lowest BCUT2D eigenvalue weighted by Gasteiger charge is -2.36. The second kappa shape index (κ2) is 7.00. The van der Waals surface area contributed by atoms with Crippen LogP contribution in [0.3, 0.4) is 0 Å². The van der Waals surface area contributed by atoms with Gasteiger partial charge in [0.25, 0.3) is 11.1 Å². The molecule has 1 N–H and O–H groups in total. The van der Waals surface area contributed by atoms with Crippen LogP contribution in [0.5, 0.6) is 5.19 Å². The molecule has 26 heavy (non-hydrogen) atoms. The number of aromatic nitrogens is 3. The summed E-state index contributed by atoms with van der Waals surface area (Å²) in [6, 6.07) is 0.257. The van der Waals surface area contributed by atoms with Gasteiger partial charge >= 0.3 is 0 Å². The van der Waals surface area contributed by atoms with Gasteiger partial charge in [-0.05, 0) is 32.6 Å². The van der Waals surface area contributed by atoms with Crippen LogP contribution in [-0.2, 0) is 6.54 Å². The summed E-state index contributed by atoms with van der Waals surface area (Å²) in [4.78, 5) is 30.3. The molecule has 140 valence electrons. The number of methoxy groups -OCH3 is 1. The number of nitrogens with zero attached hydrogens (tertiary/aromatic N) is 4. The summed E-state index contributed by atoms with van der Waals surface area (Å²) in [6.45, 7) is 7.55. The van der Waals surface area contributed by atoms with E-state index in [9.17, 15) is 4.79 Å². The lowest BCUT2D eigenvalue weighted by molar-refractivity contribution is 0.0589. The van der Waals surface area contributed by atoms with Gasteiger partial charge < -0.3 is 14.6 Å². The van der Waals surface area contributed by atoms with Crippen LogP contribution in [-0.4, -0.2) is 63.4 Å². The molecule has 2 bridgehead atoms. The SMILES string of the molecule is COc1nc(C)c(C(=O)N2C[C@@H]3CC[C@H]2CN(Cc2nc[nH]c2C)C3)s1. The van der Waals surface area contributed by atoms with Crippen molar-refractivity contribution in [3.05, 3.63) is 28.3 Å². The van der Waals surface area contributed by atoms with Crippen molar-refractivity contribution >= 4 is 17.2 Å². The van der Waals surface area contributed by atoms with Crippen molar-refractivity contribution in [2.45, 2.75) is 39.3 Å². The highest BCUT2D eigenvalue weighted by Gasteiger charge is 2.38. The van der Waals surface area contributed by atoms with Crippen molar-refractivity contribution in [3.8, 4) is 5.19 Å². The van der Waals surface area contributed by atoms with Gasteiger partial charge in [0.15, 0.2) is 0 Å². The highest BCUT2D eigenvalue weighted by molar-refractivity contribution is 7.15. The molecule has 8 heteroatoms. The Bertz CT molecular complexity index is 801. The first-order valence-electron chi connectivity index (χ1n) is 9.08. The van der Waals surface area contributed by atoms with Gasteiger partial charge in [0.2, 0.25) is 0 Å². The van der Waals surface area contributed by atoms with Gasteiger partial charge in [-0.1, -0.05) is 11.3 Å². The third-order valence-electron chi connectivity index (χ3n) is 5.50. The number of imidazole rings is 1. The van der Waals surface area contributed by atoms with Crippen LogP contribution in [0.1, 0.15) is 39.6 Å². The number of ether oxygens (including phenoxy) is 1. The van der Waals surface area contributed by atoms with Crippen molar-refractivity contribution in [2.75, 3.05) is 26.7 Å². The zero-order chi connectivity index (χ0) is 18.3. The van der Waals surface area contributed by atoms with E-state index in [2.05, 4.69) is 31.7 Å². The molecule has 5 rings (SSSR count). The highest BCUT2D eigenvalue weighted by Crippen LogP contribution is 2.32.